The number of nitrogens with one attached hydrogen (secondary N) is 1. The second-order valence-corrected chi connectivity index (χ2v) is 6.17. The van der Waals surface area contributed by atoms with Crippen molar-refractivity contribution >= 4 is 5.91 Å². The molecule has 0 fully saturated rings. The van der Waals surface area contributed by atoms with Gasteiger partial charge in [0.2, 0.25) is 5.91 Å². The fraction of sp³-hybridized carbons (Fsp3) is 0.562. The minimum Gasteiger partial charge on any atom is -0.391 e. The van der Waals surface area contributed by atoms with Crippen molar-refractivity contribution in [1.82, 2.24) is 5.32 Å². The van der Waals surface area contributed by atoms with Crippen LogP contribution in [-0.4, -0.2) is 23.7 Å². The first kappa shape index (κ1) is 15.7. The Balaban J connectivity index is 2.30. The topological polar surface area (TPSA) is 49.3 Å². The molecule has 1 aromatic rings. The Labute approximate surface area is 116 Å². The van der Waals surface area contributed by atoms with Crippen LogP contribution >= 0.6 is 0 Å². The van der Waals surface area contributed by atoms with Crippen LogP contribution in [0.2, 0.25) is 0 Å². The first-order chi connectivity index (χ1) is 8.79. The van der Waals surface area contributed by atoms with Gasteiger partial charge in [-0.05, 0) is 24.3 Å². The molecule has 3 heteroatoms. The quantitative estimate of drug-likeness (QED) is 0.857. The highest BCUT2D eigenvalue weighted by Crippen LogP contribution is 2.18. The van der Waals surface area contributed by atoms with Crippen LogP contribution in [0, 0.1) is 12.3 Å². The van der Waals surface area contributed by atoms with Gasteiger partial charge in [0.15, 0.2) is 0 Å². The maximum Gasteiger partial charge on any atom is 0.220 e. The Hall–Kier alpha value is -1.35. The first-order valence-electron chi connectivity index (χ1n) is 6.79. The van der Waals surface area contributed by atoms with Crippen LogP contribution in [-0.2, 0) is 11.2 Å². The molecule has 1 amide bonds. The molecule has 0 saturated heterocycles. The van der Waals surface area contributed by atoms with Gasteiger partial charge in [-0.2, -0.15) is 0 Å². The summed E-state index contributed by atoms with van der Waals surface area (Å²) in [5.41, 5.74) is 2.18. The summed E-state index contributed by atoms with van der Waals surface area (Å²) in [5, 5.41) is 12.6. The fourth-order valence-electron chi connectivity index (χ4n) is 1.62. The van der Waals surface area contributed by atoms with Gasteiger partial charge in [-0.15, -0.1) is 0 Å². The van der Waals surface area contributed by atoms with Crippen LogP contribution in [0.5, 0.6) is 0 Å². The number of hydrogen-bond acceptors (Lipinski definition) is 2. The summed E-state index contributed by atoms with van der Waals surface area (Å²) in [6.07, 6.45) is 0.674. The summed E-state index contributed by atoms with van der Waals surface area (Å²) in [4.78, 5) is 11.7. The molecular formula is C16H25NO2. The number of hydrogen-bond donors (Lipinski definition) is 2. The van der Waals surface area contributed by atoms with Gasteiger partial charge in [0.1, 0.15) is 0 Å². The van der Waals surface area contributed by atoms with Crippen LogP contribution in [0.25, 0.3) is 0 Å². The maximum absolute atomic E-state index is 11.7. The smallest absolute Gasteiger partial charge is 0.220 e. The lowest BCUT2D eigenvalue weighted by molar-refractivity contribution is -0.121. The van der Waals surface area contributed by atoms with E-state index >= 15 is 0 Å². The molecule has 19 heavy (non-hydrogen) atoms. The molecule has 3 nitrogen and oxygen atoms in total. The fourth-order valence-corrected chi connectivity index (χ4v) is 1.62. The molecule has 1 unspecified atom stereocenters. The van der Waals surface area contributed by atoms with Crippen LogP contribution in [0.3, 0.4) is 0 Å². The summed E-state index contributed by atoms with van der Waals surface area (Å²) >= 11 is 0. The summed E-state index contributed by atoms with van der Waals surface area (Å²) in [6, 6.07) is 8.20. The molecular weight excluding hydrogens is 238 g/mol. The van der Waals surface area contributed by atoms with E-state index in [9.17, 15) is 9.90 Å². The zero-order chi connectivity index (χ0) is 14.5. The number of aryl methyl sites for hydroxylation is 2. The standard InChI is InChI=1S/C16H25NO2/c1-12-5-7-13(8-6-12)9-10-15(19)17-11-14(18)16(2,3)4/h5-8,14,18H,9-11H2,1-4H3,(H,17,19). The second kappa shape index (κ2) is 6.71. The molecule has 0 aliphatic rings. The van der Waals surface area contributed by atoms with Crippen LogP contribution in [0.1, 0.15) is 38.3 Å². The number of benzene rings is 1. The first-order valence-corrected chi connectivity index (χ1v) is 6.79. The lowest BCUT2D eigenvalue weighted by Gasteiger charge is -2.25. The summed E-state index contributed by atoms with van der Waals surface area (Å²) in [7, 11) is 0. The van der Waals surface area contributed by atoms with Gasteiger partial charge in [0, 0.05) is 13.0 Å². The van der Waals surface area contributed by atoms with E-state index in [0.29, 0.717) is 13.0 Å². The molecule has 0 aliphatic carbocycles. The minimum absolute atomic E-state index is 0.0103. The van der Waals surface area contributed by atoms with E-state index in [1.54, 1.807) is 0 Å². The normalized spacial score (nSPS) is 13.1. The minimum atomic E-state index is -0.518. The van der Waals surface area contributed by atoms with Gasteiger partial charge in [0.25, 0.3) is 0 Å². The predicted octanol–water partition coefficient (Wildman–Crippen LogP) is 2.45. The number of aliphatic hydroxyl groups is 1. The average Bonchev–Trinajstić information content (AvgIpc) is 2.34. The van der Waals surface area contributed by atoms with E-state index in [4.69, 9.17) is 0 Å². The van der Waals surface area contributed by atoms with E-state index in [1.165, 1.54) is 5.56 Å². The van der Waals surface area contributed by atoms with Gasteiger partial charge in [-0.3, -0.25) is 4.79 Å². The van der Waals surface area contributed by atoms with Crippen LogP contribution in [0.4, 0.5) is 0 Å². The molecule has 1 aromatic carbocycles. The molecule has 0 radical (unpaired) electrons. The van der Waals surface area contributed by atoms with E-state index in [2.05, 4.69) is 17.4 Å². The molecule has 0 bridgehead atoms. The Morgan fingerprint density at radius 3 is 2.37 bits per heavy atom. The van der Waals surface area contributed by atoms with Crippen molar-refractivity contribution in [1.29, 1.82) is 0 Å². The molecule has 2 N–H and O–H groups in total. The van der Waals surface area contributed by atoms with E-state index in [-0.39, 0.29) is 11.3 Å². The van der Waals surface area contributed by atoms with E-state index < -0.39 is 6.10 Å². The third-order valence-electron chi connectivity index (χ3n) is 3.25. The van der Waals surface area contributed by atoms with Gasteiger partial charge in [0.05, 0.1) is 6.10 Å². The van der Waals surface area contributed by atoms with Gasteiger partial charge in [-0.25, -0.2) is 0 Å². The van der Waals surface area contributed by atoms with Crippen molar-refractivity contribution in [3.63, 3.8) is 0 Å². The van der Waals surface area contributed by atoms with Crippen molar-refractivity contribution in [3.8, 4) is 0 Å². The SMILES string of the molecule is Cc1ccc(CCC(=O)NCC(O)C(C)(C)C)cc1. The van der Waals surface area contributed by atoms with Crippen molar-refractivity contribution in [2.75, 3.05) is 6.54 Å². The molecule has 0 aromatic heterocycles. The molecule has 0 aliphatic heterocycles. The Kier molecular flexibility index (Phi) is 5.55. The van der Waals surface area contributed by atoms with E-state index in [1.807, 2.05) is 39.8 Å². The van der Waals surface area contributed by atoms with Gasteiger partial charge in [-0.1, -0.05) is 50.6 Å². The van der Waals surface area contributed by atoms with Gasteiger partial charge >= 0.3 is 0 Å². The molecule has 106 valence electrons. The number of carbonyl (C=O) groups excluding carboxylic acids is 1. The molecule has 0 heterocycles. The summed E-state index contributed by atoms with van der Waals surface area (Å²) < 4.78 is 0. The largest absolute Gasteiger partial charge is 0.391 e. The highest BCUT2D eigenvalue weighted by Gasteiger charge is 2.22. The number of carbonyl (C=O) groups is 1. The molecule has 0 spiro atoms. The Morgan fingerprint density at radius 2 is 1.84 bits per heavy atom. The zero-order valence-electron chi connectivity index (χ0n) is 12.4. The number of amides is 1. The Bertz CT molecular complexity index is 404. The third-order valence-corrected chi connectivity index (χ3v) is 3.25. The third kappa shape index (κ3) is 5.88. The lowest BCUT2D eigenvalue weighted by Crippen LogP contribution is -2.39. The zero-order valence-corrected chi connectivity index (χ0v) is 12.4. The molecule has 1 atom stereocenters. The second-order valence-electron chi connectivity index (χ2n) is 6.17. The number of rotatable bonds is 5. The van der Waals surface area contributed by atoms with Crippen LogP contribution < -0.4 is 5.32 Å². The van der Waals surface area contributed by atoms with Crippen molar-refractivity contribution in [2.45, 2.75) is 46.6 Å². The molecule has 1 rings (SSSR count). The van der Waals surface area contributed by atoms with Crippen molar-refractivity contribution in [3.05, 3.63) is 35.4 Å². The van der Waals surface area contributed by atoms with Crippen LogP contribution in [0.15, 0.2) is 24.3 Å². The predicted molar refractivity (Wildman–Crippen MR) is 78.0 cm³/mol. The van der Waals surface area contributed by atoms with Crippen molar-refractivity contribution in [2.24, 2.45) is 5.41 Å². The monoisotopic (exact) mass is 263 g/mol. The van der Waals surface area contributed by atoms with Gasteiger partial charge < -0.3 is 10.4 Å². The van der Waals surface area contributed by atoms with Crippen molar-refractivity contribution < 1.29 is 9.90 Å². The molecule has 0 saturated carbocycles. The average molecular weight is 263 g/mol. The highest BCUT2D eigenvalue weighted by atomic mass is 16.3. The number of aliphatic hydroxyl groups excluding tert-OH is 1. The highest BCUT2D eigenvalue weighted by molar-refractivity contribution is 5.76. The maximum atomic E-state index is 11.7. The summed E-state index contributed by atoms with van der Waals surface area (Å²) in [5.74, 6) is -0.0103. The lowest BCUT2D eigenvalue weighted by atomic mass is 9.89. The summed E-state index contributed by atoms with van der Waals surface area (Å²) in [6.45, 7) is 8.23. The van der Waals surface area contributed by atoms with E-state index in [0.717, 1.165) is 12.0 Å². The Morgan fingerprint density at radius 1 is 1.26 bits per heavy atom.